The van der Waals surface area contributed by atoms with Crippen molar-refractivity contribution in [2.45, 2.75) is 70.9 Å². The van der Waals surface area contributed by atoms with E-state index in [0.29, 0.717) is 24.1 Å². The topological polar surface area (TPSA) is 64.2 Å². The first kappa shape index (κ1) is 16.5. The number of aromatic nitrogens is 2. The Bertz CT molecular complexity index is 582. The summed E-state index contributed by atoms with van der Waals surface area (Å²) >= 11 is 0. The lowest BCUT2D eigenvalue weighted by molar-refractivity contribution is 0.0566. The number of likely N-dealkylation sites (tertiary alicyclic amines) is 1. The zero-order valence-corrected chi connectivity index (χ0v) is 14.9. The van der Waals surface area contributed by atoms with Crippen LogP contribution in [0.25, 0.3) is 0 Å². The lowest BCUT2D eigenvalue weighted by Crippen LogP contribution is -2.49. The lowest BCUT2D eigenvalue weighted by Gasteiger charge is -2.37. The molecule has 2 atom stereocenters. The summed E-state index contributed by atoms with van der Waals surface area (Å²) in [6.07, 6.45) is 4.47. The van der Waals surface area contributed by atoms with Crippen LogP contribution >= 0.6 is 0 Å². The van der Waals surface area contributed by atoms with Gasteiger partial charge in [0.05, 0.1) is 5.54 Å². The van der Waals surface area contributed by atoms with Crippen molar-refractivity contribution in [3.8, 4) is 0 Å². The number of piperidine rings is 1. The Balaban J connectivity index is 1.87. The van der Waals surface area contributed by atoms with E-state index in [1.54, 1.807) is 0 Å². The van der Waals surface area contributed by atoms with Crippen molar-refractivity contribution in [3.05, 3.63) is 17.5 Å². The fourth-order valence-corrected chi connectivity index (χ4v) is 3.60. The Labute approximate surface area is 139 Å². The standard InChI is InChI=1S/C18H30N4O/c1-12-7-8-21(14(9-12)11-19)17(23)15-10-16(13-5-6-13)22(20-15)18(2,3)4/h10,12-14H,5-9,11,19H2,1-4H3. The fourth-order valence-electron chi connectivity index (χ4n) is 3.60. The molecule has 2 unspecified atom stereocenters. The summed E-state index contributed by atoms with van der Waals surface area (Å²) in [5, 5.41) is 4.69. The van der Waals surface area contributed by atoms with Crippen LogP contribution in [0.3, 0.4) is 0 Å². The molecule has 2 fully saturated rings. The van der Waals surface area contributed by atoms with Crippen LogP contribution in [0, 0.1) is 5.92 Å². The van der Waals surface area contributed by atoms with E-state index in [9.17, 15) is 4.79 Å². The van der Waals surface area contributed by atoms with Crippen molar-refractivity contribution in [2.75, 3.05) is 13.1 Å². The van der Waals surface area contributed by atoms with Gasteiger partial charge in [0.2, 0.25) is 0 Å². The maximum atomic E-state index is 13.0. The maximum absolute atomic E-state index is 13.0. The van der Waals surface area contributed by atoms with Crippen LogP contribution in [0.15, 0.2) is 6.07 Å². The highest BCUT2D eigenvalue weighted by molar-refractivity contribution is 5.92. The number of carbonyl (C=O) groups is 1. The largest absolute Gasteiger partial charge is 0.333 e. The van der Waals surface area contributed by atoms with Gasteiger partial charge < -0.3 is 10.6 Å². The van der Waals surface area contributed by atoms with Crippen molar-refractivity contribution in [1.29, 1.82) is 0 Å². The van der Waals surface area contributed by atoms with Gasteiger partial charge in [-0.15, -0.1) is 0 Å². The van der Waals surface area contributed by atoms with Crippen molar-refractivity contribution in [3.63, 3.8) is 0 Å². The minimum Gasteiger partial charge on any atom is -0.333 e. The van der Waals surface area contributed by atoms with E-state index in [0.717, 1.165) is 19.4 Å². The zero-order valence-electron chi connectivity index (χ0n) is 14.9. The van der Waals surface area contributed by atoms with Crippen molar-refractivity contribution < 1.29 is 4.79 Å². The Morgan fingerprint density at radius 2 is 2.04 bits per heavy atom. The van der Waals surface area contributed by atoms with Crippen molar-refractivity contribution >= 4 is 5.91 Å². The minimum absolute atomic E-state index is 0.0530. The molecule has 0 spiro atoms. The van der Waals surface area contributed by atoms with Gasteiger partial charge in [-0.25, -0.2) is 0 Å². The van der Waals surface area contributed by atoms with Crippen LogP contribution in [-0.4, -0.2) is 39.7 Å². The van der Waals surface area contributed by atoms with Crippen LogP contribution in [0.2, 0.25) is 0 Å². The van der Waals surface area contributed by atoms with Gasteiger partial charge in [-0.1, -0.05) is 6.92 Å². The smallest absolute Gasteiger partial charge is 0.274 e. The number of hydrogen-bond acceptors (Lipinski definition) is 3. The molecule has 1 aliphatic carbocycles. The van der Waals surface area contributed by atoms with Gasteiger partial charge in [0.15, 0.2) is 5.69 Å². The third kappa shape index (κ3) is 3.30. The Hall–Kier alpha value is -1.36. The molecule has 0 aromatic carbocycles. The van der Waals surface area contributed by atoms with Gasteiger partial charge in [-0.2, -0.15) is 5.10 Å². The third-order valence-electron chi connectivity index (χ3n) is 5.10. The number of carbonyl (C=O) groups excluding carboxylic acids is 1. The molecule has 2 aliphatic rings. The molecule has 1 aromatic rings. The molecule has 5 nitrogen and oxygen atoms in total. The fraction of sp³-hybridized carbons (Fsp3) is 0.778. The molecule has 1 aromatic heterocycles. The highest BCUT2D eigenvalue weighted by Crippen LogP contribution is 2.42. The molecule has 2 N–H and O–H groups in total. The highest BCUT2D eigenvalue weighted by Gasteiger charge is 2.35. The summed E-state index contributed by atoms with van der Waals surface area (Å²) in [6, 6.07) is 2.17. The monoisotopic (exact) mass is 318 g/mol. The second-order valence-corrected chi connectivity index (χ2v) is 8.33. The van der Waals surface area contributed by atoms with E-state index >= 15 is 0 Å². The third-order valence-corrected chi connectivity index (χ3v) is 5.10. The summed E-state index contributed by atoms with van der Waals surface area (Å²) < 4.78 is 2.06. The Morgan fingerprint density at radius 1 is 1.35 bits per heavy atom. The predicted molar refractivity (Wildman–Crippen MR) is 91.5 cm³/mol. The predicted octanol–water partition coefficient (Wildman–Crippen LogP) is 2.71. The molecule has 1 amide bonds. The lowest BCUT2D eigenvalue weighted by atomic mass is 9.92. The van der Waals surface area contributed by atoms with Gasteiger partial charge in [-0.05, 0) is 58.4 Å². The zero-order chi connectivity index (χ0) is 16.8. The molecule has 23 heavy (non-hydrogen) atoms. The number of amides is 1. The molecule has 2 heterocycles. The number of nitrogens with zero attached hydrogens (tertiary/aromatic N) is 3. The molecule has 1 saturated heterocycles. The molecule has 0 radical (unpaired) electrons. The number of hydrogen-bond donors (Lipinski definition) is 1. The van der Waals surface area contributed by atoms with Crippen LogP contribution in [0.4, 0.5) is 0 Å². The van der Waals surface area contributed by atoms with Gasteiger partial charge in [-0.3, -0.25) is 9.48 Å². The van der Waals surface area contributed by atoms with E-state index in [2.05, 4.69) is 32.4 Å². The van der Waals surface area contributed by atoms with Crippen LogP contribution < -0.4 is 5.73 Å². The second-order valence-electron chi connectivity index (χ2n) is 8.33. The van der Waals surface area contributed by atoms with E-state index in [4.69, 9.17) is 10.8 Å². The summed E-state index contributed by atoms with van der Waals surface area (Å²) in [7, 11) is 0. The molecule has 1 aliphatic heterocycles. The average molecular weight is 318 g/mol. The van der Waals surface area contributed by atoms with E-state index in [1.807, 2.05) is 11.0 Å². The van der Waals surface area contributed by atoms with Gasteiger partial charge in [0, 0.05) is 30.7 Å². The maximum Gasteiger partial charge on any atom is 0.274 e. The second kappa shape index (κ2) is 5.93. The van der Waals surface area contributed by atoms with Gasteiger partial charge in [0.1, 0.15) is 0 Å². The molecule has 1 saturated carbocycles. The van der Waals surface area contributed by atoms with Crippen LogP contribution in [-0.2, 0) is 5.54 Å². The Kier molecular flexibility index (Phi) is 4.25. The SMILES string of the molecule is CC1CCN(C(=O)c2cc(C3CC3)n(C(C)(C)C)n2)C(CN)C1. The van der Waals surface area contributed by atoms with Gasteiger partial charge >= 0.3 is 0 Å². The molecule has 5 heteroatoms. The van der Waals surface area contributed by atoms with E-state index in [-0.39, 0.29) is 17.5 Å². The Morgan fingerprint density at radius 3 is 2.61 bits per heavy atom. The molecular formula is C18H30N4O. The molecule has 3 rings (SSSR count). The van der Waals surface area contributed by atoms with Crippen molar-refractivity contribution in [1.82, 2.24) is 14.7 Å². The van der Waals surface area contributed by atoms with Gasteiger partial charge in [0.25, 0.3) is 5.91 Å². The first-order valence-corrected chi connectivity index (χ1v) is 8.92. The molecule has 0 bridgehead atoms. The number of nitrogens with two attached hydrogens (primary N) is 1. The first-order chi connectivity index (χ1) is 10.8. The van der Waals surface area contributed by atoms with E-state index < -0.39 is 0 Å². The van der Waals surface area contributed by atoms with Crippen molar-refractivity contribution in [2.24, 2.45) is 11.7 Å². The molecular weight excluding hydrogens is 288 g/mol. The van der Waals surface area contributed by atoms with Crippen LogP contribution in [0.5, 0.6) is 0 Å². The number of rotatable bonds is 3. The van der Waals surface area contributed by atoms with Crippen LogP contribution in [0.1, 0.15) is 75.5 Å². The summed E-state index contributed by atoms with van der Waals surface area (Å²) in [6.45, 7) is 10.0. The summed E-state index contributed by atoms with van der Waals surface area (Å²) in [5.74, 6) is 1.27. The molecule has 128 valence electrons. The quantitative estimate of drug-likeness (QED) is 0.932. The average Bonchev–Trinajstić information content (AvgIpc) is 3.23. The normalized spacial score (nSPS) is 25.7. The minimum atomic E-state index is -0.0971. The highest BCUT2D eigenvalue weighted by atomic mass is 16.2. The van der Waals surface area contributed by atoms with E-state index in [1.165, 1.54) is 18.5 Å². The summed E-state index contributed by atoms with van der Waals surface area (Å²) in [5.41, 5.74) is 7.63. The summed E-state index contributed by atoms with van der Waals surface area (Å²) in [4.78, 5) is 15.0. The first-order valence-electron chi connectivity index (χ1n) is 8.92.